The van der Waals surface area contributed by atoms with E-state index < -0.39 is 0 Å². The van der Waals surface area contributed by atoms with Crippen molar-refractivity contribution in [2.75, 3.05) is 19.1 Å². The minimum absolute atomic E-state index is 0.0957. The van der Waals surface area contributed by atoms with Crippen molar-refractivity contribution in [2.24, 2.45) is 5.10 Å². The van der Waals surface area contributed by atoms with E-state index in [1.807, 2.05) is 48.7 Å². The van der Waals surface area contributed by atoms with Gasteiger partial charge in [-0.05, 0) is 36.2 Å². The molecule has 0 unspecified atom stereocenters. The summed E-state index contributed by atoms with van der Waals surface area (Å²) < 4.78 is 11.0. The van der Waals surface area contributed by atoms with Gasteiger partial charge in [-0.3, -0.25) is 10.2 Å². The number of carbonyl (C=O) groups is 1. The van der Waals surface area contributed by atoms with E-state index in [2.05, 4.69) is 20.8 Å². The number of thiazole rings is 1. The van der Waals surface area contributed by atoms with Crippen molar-refractivity contribution in [1.82, 2.24) is 10.3 Å². The number of nitrogens with zero attached hydrogens (tertiary/aromatic N) is 2. The molecule has 0 aliphatic carbocycles. The zero-order valence-electron chi connectivity index (χ0n) is 16.2. The SMILES string of the molecule is COc1cc(C=NNc2nc(C)cs2)ccc1OCC(=O)NCc1ccccc1. The molecule has 1 aromatic heterocycles. The minimum Gasteiger partial charge on any atom is -0.493 e. The predicted octanol–water partition coefficient (Wildman–Crippen LogP) is 3.60. The van der Waals surface area contributed by atoms with Crippen molar-refractivity contribution >= 4 is 28.6 Å². The van der Waals surface area contributed by atoms with Crippen LogP contribution in [0.1, 0.15) is 16.8 Å². The maximum atomic E-state index is 12.0. The standard InChI is InChI=1S/C21H22N4O3S/c1-15-14-29-21(24-15)25-23-12-17-8-9-18(19(10-17)27-2)28-13-20(26)22-11-16-6-4-3-5-7-16/h3-10,12,14H,11,13H2,1-2H3,(H,22,26)(H,24,25). The van der Waals surface area contributed by atoms with Gasteiger partial charge in [0.05, 0.1) is 19.0 Å². The summed E-state index contributed by atoms with van der Waals surface area (Å²) in [5.74, 6) is 0.808. The second-order valence-corrected chi connectivity index (χ2v) is 6.98. The first kappa shape index (κ1) is 20.3. The summed E-state index contributed by atoms with van der Waals surface area (Å²) in [4.78, 5) is 16.3. The molecule has 0 fully saturated rings. The topological polar surface area (TPSA) is 84.8 Å². The summed E-state index contributed by atoms with van der Waals surface area (Å²) in [6.07, 6.45) is 1.66. The van der Waals surface area contributed by atoms with Crippen molar-refractivity contribution in [3.8, 4) is 11.5 Å². The molecule has 2 aromatic carbocycles. The van der Waals surface area contributed by atoms with Crippen LogP contribution in [0.5, 0.6) is 11.5 Å². The second-order valence-electron chi connectivity index (χ2n) is 6.13. The fraction of sp³-hybridized carbons (Fsp3) is 0.190. The predicted molar refractivity (Wildman–Crippen MR) is 115 cm³/mol. The van der Waals surface area contributed by atoms with Crippen LogP contribution in [-0.4, -0.2) is 30.8 Å². The Kier molecular flexibility index (Phi) is 7.18. The molecule has 1 heterocycles. The average Bonchev–Trinajstić information content (AvgIpc) is 3.16. The number of carbonyl (C=O) groups excluding carboxylic acids is 1. The van der Waals surface area contributed by atoms with E-state index in [1.54, 1.807) is 25.5 Å². The van der Waals surface area contributed by atoms with Crippen molar-refractivity contribution in [2.45, 2.75) is 13.5 Å². The number of ether oxygens (including phenoxy) is 2. The Morgan fingerprint density at radius 1 is 1.21 bits per heavy atom. The number of hydrogen-bond acceptors (Lipinski definition) is 7. The van der Waals surface area contributed by atoms with Crippen LogP contribution in [0.25, 0.3) is 0 Å². The van der Waals surface area contributed by atoms with E-state index in [1.165, 1.54) is 11.3 Å². The number of nitrogens with one attached hydrogen (secondary N) is 2. The first-order valence-electron chi connectivity index (χ1n) is 8.96. The van der Waals surface area contributed by atoms with Gasteiger partial charge in [-0.25, -0.2) is 4.98 Å². The highest BCUT2D eigenvalue weighted by molar-refractivity contribution is 7.13. The van der Waals surface area contributed by atoms with E-state index in [9.17, 15) is 4.79 Å². The fourth-order valence-electron chi connectivity index (χ4n) is 2.44. The molecule has 0 atom stereocenters. The third-order valence-corrected chi connectivity index (χ3v) is 4.74. The molecule has 150 valence electrons. The Morgan fingerprint density at radius 3 is 2.76 bits per heavy atom. The van der Waals surface area contributed by atoms with Crippen LogP contribution >= 0.6 is 11.3 Å². The first-order valence-corrected chi connectivity index (χ1v) is 9.84. The normalized spacial score (nSPS) is 10.7. The van der Waals surface area contributed by atoms with Gasteiger partial charge in [-0.15, -0.1) is 11.3 Å². The highest BCUT2D eigenvalue weighted by atomic mass is 32.1. The molecular weight excluding hydrogens is 388 g/mol. The number of hydrogen-bond donors (Lipinski definition) is 2. The number of aromatic nitrogens is 1. The third kappa shape index (κ3) is 6.32. The average molecular weight is 410 g/mol. The van der Waals surface area contributed by atoms with Crippen LogP contribution in [0, 0.1) is 6.92 Å². The van der Waals surface area contributed by atoms with E-state index >= 15 is 0 Å². The molecule has 29 heavy (non-hydrogen) atoms. The molecule has 0 spiro atoms. The molecule has 0 bridgehead atoms. The van der Waals surface area contributed by atoms with Crippen molar-refractivity contribution in [1.29, 1.82) is 0 Å². The highest BCUT2D eigenvalue weighted by Crippen LogP contribution is 2.27. The van der Waals surface area contributed by atoms with Gasteiger partial charge in [0, 0.05) is 11.9 Å². The Hall–Kier alpha value is -3.39. The van der Waals surface area contributed by atoms with Crippen LogP contribution in [0.2, 0.25) is 0 Å². The zero-order valence-corrected chi connectivity index (χ0v) is 17.0. The smallest absolute Gasteiger partial charge is 0.258 e. The van der Waals surface area contributed by atoms with E-state index in [4.69, 9.17) is 9.47 Å². The number of anilines is 1. The first-order chi connectivity index (χ1) is 14.1. The number of amides is 1. The third-order valence-electron chi connectivity index (χ3n) is 3.87. The number of benzene rings is 2. The molecule has 8 heteroatoms. The Bertz CT molecular complexity index is 973. The summed E-state index contributed by atoms with van der Waals surface area (Å²) in [5, 5.41) is 9.67. The molecule has 0 aliphatic heterocycles. The highest BCUT2D eigenvalue weighted by Gasteiger charge is 2.08. The zero-order chi connectivity index (χ0) is 20.5. The molecule has 3 aromatic rings. The summed E-state index contributed by atoms with van der Waals surface area (Å²) in [5.41, 5.74) is 5.69. The summed E-state index contributed by atoms with van der Waals surface area (Å²) >= 11 is 1.49. The van der Waals surface area contributed by atoms with E-state index in [0.29, 0.717) is 18.0 Å². The lowest BCUT2D eigenvalue weighted by Gasteiger charge is -2.11. The Morgan fingerprint density at radius 2 is 2.03 bits per heavy atom. The maximum Gasteiger partial charge on any atom is 0.258 e. The van der Waals surface area contributed by atoms with Crippen LogP contribution < -0.4 is 20.2 Å². The van der Waals surface area contributed by atoms with Crippen LogP contribution in [0.15, 0.2) is 59.0 Å². The van der Waals surface area contributed by atoms with Gasteiger partial charge >= 0.3 is 0 Å². The van der Waals surface area contributed by atoms with Crippen LogP contribution in [0.3, 0.4) is 0 Å². The van der Waals surface area contributed by atoms with Gasteiger partial charge in [0.1, 0.15) is 0 Å². The van der Waals surface area contributed by atoms with Gasteiger partial charge in [0.2, 0.25) is 5.13 Å². The molecule has 2 N–H and O–H groups in total. The monoisotopic (exact) mass is 410 g/mol. The number of hydrazone groups is 1. The summed E-state index contributed by atoms with van der Waals surface area (Å²) in [6.45, 7) is 2.29. The largest absolute Gasteiger partial charge is 0.493 e. The molecule has 3 rings (SSSR count). The van der Waals surface area contributed by atoms with Gasteiger partial charge in [-0.1, -0.05) is 30.3 Å². The van der Waals surface area contributed by atoms with Crippen LogP contribution in [-0.2, 0) is 11.3 Å². The Labute approximate surface area is 173 Å². The van der Waals surface area contributed by atoms with E-state index in [0.717, 1.165) is 22.0 Å². The molecule has 0 radical (unpaired) electrons. The maximum absolute atomic E-state index is 12.0. The second kappa shape index (κ2) is 10.2. The van der Waals surface area contributed by atoms with Crippen molar-refractivity contribution < 1.29 is 14.3 Å². The fourth-order valence-corrected chi connectivity index (χ4v) is 3.08. The lowest BCUT2D eigenvalue weighted by atomic mass is 10.2. The molecule has 0 aliphatic rings. The minimum atomic E-state index is -0.204. The summed E-state index contributed by atoms with van der Waals surface area (Å²) in [7, 11) is 1.55. The molecule has 0 saturated heterocycles. The number of rotatable bonds is 9. The number of methoxy groups -OCH3 is 1. The van der Waals surface area contributed by atoms with E-state index in [-0.39, 0.29) is 12.5 Å². The van der Waals surface area contributed by atoms with Gasteiger partial charge in [-0.2, -0.15) is 5.10 Å². The van der Waals surface area contributed by atoms with Gasteiger partial charge in [0.25, 0.3) is 5.91 Å². The van der Waals surface area contributed by atoms with Crippen molar-refractivity contribution in [3.63, 3.8) is 0 Å². The molecule has 0 saturated carbocycles. The lowest BCUT2D eigenvalue weighted by Crippen LogP contribution is -2.28. The lowest BCUT2D eigenvalue weighted by molar-refractivity contribution is -0.123. The Balaban J connectivity index is 1.52. The van der Waals surface area contributed by atoms with Crippen LogP contribution in [0.4, 0.5) is 5.13 Å². The van der Waals surface area contributed by atoms with Gasteiger partial charge < -0.3 is 14.8 Å². The number of aryl methyl sites for hydroxylation is 1. The quantitative estimate of drug-likeness (QED) is 0.416. The molecular formula is C21H22N4O3S. The van der Waals surface area contributed by atoms with Crippen molar-refractivity contribution in [3.05, 3.63) is 70.7 Å². The summed E-state index contributed by atoms with van der Waals surface area (Å²) in [6, 6.07) is 15.1. The van der Waals surface area contributed by atoms with Gasteiger partial charge in [0.15, 0.2) is 18.1 Å². The molecule has 1 amide bonds. The molecule has 7 nitrogen and oxygen atoms in total.